The highest BCUT2D eigenvalue weighted by Gasteiger charge is 2.01. The molecule has 94 valence electrons. The molecule has 2 aromatic rings. The number of hydrogen-bond acceptors (Lipinski definition) is 3. The van der Waals surface area contributed by atoms with Gasteiger partial charge in [-0.3, -0.25) is 0 Å². The van der Waals surface area contributed by atoms with E-state index in [0.29, 0.717) is 16.5 Å². The topological polar surface area (TPSA) is 37.0 Å². The van der Waals surface area contributed by atoms with Gasteiger partial charge >= 0.3 is 0 Å². The number of rotatable bonds is 4. The molecule has 0 unspecified atom stereocenters. The maximum absolute atomic E-state index is 13.2. The summed E-state index contributed by atoms with van der Waals surface area (Å²) in [5.41, 5.74) is 0.571. The van der Waals surface area contributed by atoms with Crippen LogP contribution in [0.25, 0.3) is 0 Å². The van der Waals surface area contributed by atoms with Crippen molar-refractivity contribution in [3.8, 4) is 0 Å². The van der Waals surface area contributed by atoms with Gasteiger partial charge in [0.25, 0.3) is 0 Å². The van der Waals surface area contributed by atoms with Gasteiger partial charge in [0, 0.05) is 17.3 Å². The van der Waals surface area contributed by atoms with Crippen LogP contribution in [0.5, 0.6) is 0 Å². The second kappa shape index (κ2) is 5.69. The van der Waals surface area contributed by atoms with Crippen LogP contribution in [0, 0.1) is 5.82 Å². The number of pyridine rings is 1. The highest BCUT2D eigenvalue weighted by atomic mass is 35.5. The fourth-order valence-corrected chi connectivity index (χ4v) is 1.78. The molecule has 1 aromatic heterocycles. The lowest BCUT2D eigenvalue weighted by Gasteiger charge is -2.08. The zero-order valence-corrected chi connectivity index (χ0v) is 10.6. The first-order valence-electron chi connectivity index (χ1n) is 5.61. The Balaban J connectivity index is 2.20. The van der Waals surface area contributed by atoms with Crippen molar-refractivity contribution in [1.82, 2.24) is 4.98 Å². The van der Waals surface area contributed by atoms with Crippen molar-refractivity contribution in [3.63, 3.8) is 0 Å². The summed E-state index contributed by atoms with van der Waals surface area (Å²) in [6.07, 6.45) is 0. The maximum atomic E-state index is 13.2. The van der Waals surface area contributed by atoms with Gasteiger partial charge in [0.1, 0.15) is 17.5 Å². The molecule has 1 heterocycles. The molecular formula is C13H13ClFN3. The van der Waals surface area contributed by atoms with E-state index in [2.05, 4.69) is 15.6 Å². The van der Waals surface area contributed by atoms with Crippen molar-refractivity contribution in [2.75, 3.05) is 17.2 Å². The van der Waals surface area contributed by atoms with Gasteiger partial charge in [0.05, 0.1) is 0 Å². The standard InChI is InChI=1S/C13H13ClFN3/c1-2-16-12-4-3-5-13(18-12)17-11-7-9(14)6-10(15)8-11/h3-8H,2H2,1H3,(H2,16,17,18). The van der Waals surface area contributed by atoms with Crippen LogP contribution in [0.15, 0.2) is 36.4 Å². The Kier molecular flexibility index (Phi) is 3.99. The van der Waals surface area contributed by atoms with Crippen molar-refractivity contribution >= 4 is 28.9 Å². The second-order valence-corrected chi connectivity index (χ2v) is 4.16. The van der Waals surface area contributed by atoms with E-state index in [4.69, 9.17) is 11.6 Å². The van der Waals surface area contributed by atoms with E-state index in [-0.39, 0.29) is 5.82 Å². The summed E-state index contributed by atoms with van der Waals surface area (Å²) < 4.78 is 13.2. The van der Waals surface area contributed by atoms with Gasteiger partial charge < -0.3 is 10.6 Å². The third kappa shape index (κ3) is 3.34. The Morgan fingerprint density at radius 3 is 2.72 bits per heavy atom. The van der Waals surface area contributed by atoms with E-state index < -0.39 is 0 Å². The maximum Gasteiger partial charge on any atom is 0.132 e. The smallest absolute Gasteiger partial charge is 0.132 e. The van der Waals surface area contributed by atoms with Crippen LogP contribution >= 0.6 is 11.6 Å². The van der Waals surface area contributed by atoms with Crippen LogP contribution in [0.3, 0.4) is 0 Å². The Labute approximate surface area is 110 Å². The van der Waals surface area contributed by atoms with Gasteiger partial charge in [-0.05, 0) is 37.3 Å². The molecule has 0 saturated heterocycles. The molecule has 0 radical (unpaired) electrons. The molecule has 0 aliphatic heterocycles. The number of nitrogens with zero attached hydrogens (tertiary/aromatic N) is 1. The summed E-state index contributed by atoms with van der Waals surface area (Å²) in [7, 11) is 0. The van der Waals surface area contributed by atoms with Crippen LogP contribution < -0.4 is 10.6 Å². The van der Waals surface area contributed by atoms with Crippen molar-refractivity contribution in [2.24, 2.45) is 0 Å². The number of anilines is 3. The molecule has 2 rings (SSSR count). The monoisotopic (exact) mass is 265 g/mol. The molecule has 2 N–H and O–H groups in total. The summed E-state index contributed by atoms with van der Waals surface area (Å²) in [4.78, 5) is 4.33. The van der Waals surface area contributed by atoms with Gasteiger partial charge in [-0.1, -0.05) is 17.7 Å². The summed E-state index contributed by atoms with van der Waals surface area (Å²) in [5, 5.41) is 6.46. The van der Waals surface area contributed by atoms with Gasteiger partial charge in [-0.2, -0.15) is 0 Å². The van der Waals surface area contributed by atoms with Crippen molar-refractivity contribution in [1.29, 1.82) is 0 Å². The number of halogens is 2. The molecular weight excluding hydrogens is 253 g/mol. The van der Waals surface area contributed by atoms with Crippen molar-refractivity contribution in [2.45, 2.75) is 6.92 Å². The van der Waals surface area contributed by atoms with Crippen LogP contribution in [-0.2, 0) is 0 Å². The summed E-state index contributed by atoms with van der Waals surface area (Å²) in [5.74, 6) is 1.02. The molecule has 5 heteroatoms. The molecule has 0 atom stereocenters. The van der Waals surface area contributed by atoms with Gasteiger partial charge in [0.2, 0.25) is 0 Å². The lowest BCUT2D eigenvalue weighted by molar-refractivity contribution is 0.628. The van der Waals surface area contributed by atoms with E-state index in [1.54, 1.807) is 12.1 Å². The Hall–Kier alpha value is -1.81. The SMILES string of the molecule is CCNc1cccc(Nc2cc(F)cc(Cl)c2)n1. The molecule has 3 nitrogen and oxygen atoms in total. The van der Waals surface area contributed by atoms with Crippen LogP contribution in [0.1, 0.15) is 6.92 Å². The third-order valence-electron chi connectivity index (χ3n) is 2.24. The first-order valence-corrected chi connectivity index (χ1v) is 5.99. The zero-order valence-electron chi connectivity index (χ0n) is 9.87. The minimum absolute atomic E-state index is 0.348. The fourth-order valence-electron chi connectivity index (χ4n) is 1.56. The first-order chi connectivity index (χ1) is 8.67. The lowest BCUT2D eigenvalue weighted by Crippen LogP contribution is -2.01. The van der Waals surface area contributed by atoms with Crippen molar-refractivity contribution in [3.05, 3.63) is 47.2 Å². The fraction of sp³-hybridized carbons (Fsp3) is 0.154. The molecule has 0 bridgehead atoms. The molecule has 0 aliphatic rings. The minimum Gasteiger partial charge on any atom is -0.370 e. The molecule has 0 fully saturated rings. The molecule has 1 aromatic carbocycles. The Morgan fingerprint density at radius 2 is 2.00 bits per heavy atom. The average molecular weight is 266 g/mol. The van der Waals surface area contributed by atoms with Gasteiger partial charge in [-0.15, -0.1) is 0 Å². The van der Waals surface area contributed by atoms with E-state index >= 15 is 0 Å². The lowest BCUT2D eigenvalue weighted by atomic mass is 10.3. The van der Waals surface area contributed by atoms with Crippen LogP contribution in [-0.4, -0.2) is 11.5 Å². The molecule has 0 amide bonds. The summed E-state index contributed by atoms with van der Waals surface area (Å²) >= 11 is 5.78. The van der Waals surface area contributed by atoms with E-state index in [1.165, 1.54) is 12.1 Å². The van der Waals surface area contributed by atoms with Crippen LogP contribution in [0.4, 0.5) is 21.7 Å². The van der Waals surface area contributed by atoms with E-state index in [0.717, 1.165) is 12.4 Å². The Bertz CT molecular complexity index is 525. The Morgan fingerprint density at radius 1 is 1.22 bits per heavy atom. The number of nitrogens with one attached hydrogen (secondary N) is 2. The predicted octanol–water partition coefficient (Wildman–Crippen LogP) is 4.05. The van der Waals surface area contributed by atoms with Gasteiger partial charge in [-0.25, -0.2) is 9.37 Å². The largest absolute Gasteiger partial charge is 0.370 e. The molecule has 0 aliphatic carbocycles. The minimum atomic E-state index is -0.382. The zero-order chi connectivity index (χ0) is 13.0. The van der Waals surface area contributed by atoms with Crippen LogP contribution in [0.2, 0.25) is 5.02 Å². The molecule has 0 saturated carbocycles. The summed E-state index contributed by atoms with van der Waals surface area (Å²) in [6.45, 7) is 2.79. The second-order valence-electron chi connectivity index (χ2n) is 3.72. The quantitative estimate of drug-likeness (QED) is 0.876. The normalized spacial score (nSPS) is 10.2. The van der Waals surface area contributed by atoms with Gasteiger partial charge in [0.15, 0.2) is 0 Å². The number of aromatic nitrogens is 1. The van der Waals surface area contributed by atoms with E-state index in [9.17, 15) is 4.39 Å². The number of hydrogen-bond donors (Lipinski definition) is 2. The first kappa shape index (κ1) is 12.6. The van der Waals surface area contributed by atoms with E-state index in [1.807, 2.05) is 19.1 Å². The molecule has 0 spiro atoms. The average Bonchev–Trinajstić information content (AvgIpc) is 2.28. The molecule has 18 heavy (non-hydrogen) atoms. The third-order valence-corrected chi connectivity index (χ3v) is 2.46. The highest BCUT2D eigenvalue weighted by Crippen LogP contribution is 2.21. The van der Waals surface area contributed by atoms with Crippen molar-refractivity contribution < 1.29 is 4.39 Å². The summed E-state index contributed by atoms with van der Waals surface area (Å²) in [6, 6.07) is 9.82. The highest BCUT2D eigenvalue weighted by molar-refractivity contribution is 6.30. The predicted molar refractivity (Wildman–Crippen MR) is 73.1 cm³/mol. The number of benzene rings is 1.